The average molecular weight is 401 g/mol. The Morgan fingerprint density at radius 1 is 0.741 bits per heavy atom. The fourth-order valence-corrected chi connectivity index (χ4v) is 5.34. The standard InChI is InChI=1S/C21H21S.CH4O3S/c1-16-14-17(2)21(18(3)15-16)22(19-10-6-4-7-11-19)20-12-8-5-9-13-20;1-5(2,3)4/h4-15H,1-3H3;1H3,(H,2,3,4)/q+1;/p-1. The highest BCUT2D eigenvalue weighted by atomic mass is 32.2. The van der Waals surface area contributed by atoms with Gasteiger partial charge in [-0.05, 0) is 45.0 Å². The van der Waals surface area contributed by atoms with E-state index in [0.717, 1.165) is 0 Å². The van der Waals surface area contributed by atoms with Gasteiger partial charge in [-0.3, -0.25) is 0 Å². The Kier molecular flexibility index (Phi) is 7.25. The Morgan fingerprint density at radius 2 is 1.07 bits per heavy atom. The number of rotatable bonds is 3. The van der Waals surface area contributed by atoms with Gasteiger partial charge in [-0.25, -0.2) is 8.42 Å². The lowest BCUT2D eigenvalue weighted by molar-refractivity contribution is 0.470. The summed E-state index contributed by atoms with van der Waals surface area (Å²) in [4.78, 5) is 4.22. The number of aryl methyl sites for hydroxylation is 3. The van der Waals surface area contributed by atoms with Gasteiger partial charge in [0.15, 0.2) is 14.7 Å². The van der Waals surface area contributed by atoms with Crippen LogP contribution in [0.4, 0.5) is 0 Å². The third kappa shape index (κ3) is 6.54. The molecule has 0 aliphatic rings. The predicted molar refractivity (Wildman–Crippen MR) is 111 cm³/mol. The minimum Gasteiger partial charge on any atom is -0.748 e. The van der Waals surface area contributed by atoms with Crippen LogP contribution in [-0.2, 0) is 21.0 Å². The van der Waals surface area contributed by atoms with Crippen molar-refractivity contribution < 1.29 is 13.0 Å². The maximum Gasteiger partial charge on any atom is 0.172 e. The van der Waals surface area contributed by atoms with Crippen molar-refractivity contribution in [2.45, 2.75) is 35.5 Å². The first-order valence-corrected chi connectivity index (χ1v) is 11.5. The van der Waals surface area contributed by atoms with Crippen molar-refractivity contribution >= 4 is 21.0 Å². The average Bonchev–Trinajstić information content (AvgIpc) is 2.58. The summed E-state index contributed by atoms with van der Waals surface area (Å²) in [5, 5.41) is 0. The number of benzene rings is 3. The normalized spacial score (nSPS) is 11.0. The summed E-state index contributed by atoms with van der Waals surface area (Å²) in [6.07, 6.45) is 0.604. The zero-order chi connectivity index (χ0) is 20.0. The summed E-state index contributed by atoms with van der Waals surface area (Å²) in [5.74, 6) is 0. The molecule has 3 aromatic carbocycles. The van der Waals surface area contributed by atoms with Crippen molar-refractivity contribution in [1.29, 1.82) is 0 Å². The highest BCUT2D eigenvalue weighted by Gasteiger charge is 2.31. The highest BCUT2D eigenvalue weighted by Crippen LogP contribution is 2.35. The van der Waals surface area contributed by atoms with Gasteiger partial charge in [-0.15, -0.1) is 0 Å². The minimum absolute atomic E-state index is 0.0460. The van der Waals surface area contributed by atoms with E-state index in [1.165, 1.54) is 31.4 Å². The first kappa shape index (κ1) is 21.2. The SMILES string of the molecule is CS(=O)(=O)[O-].Cc1cc(C)c([S+](c2ccccc2)c2ccccc2)c(C)c1. The Hall–Kier alpha value is -2.08. The zero-order valence-electron chi connectivity index (χ0n) is 16.0. The Morgan fingerprint density at radius 3 is 1.41 bits per heavy atom. The summed E-state index contributed by atoms with van der Waals surface area (Å²) in [6.45, 7) is 6.65. The molecule has 0 heterocycles. The summed E-state index contributed by atoms with van der Waals surface area (Å²) in [5.41, 5.74) is 4.10. The molecular formula is C22H24O3S2. The molecule has 3 nitrogen and oxygen atoms in total. The molecule has 3 aromatic rings. The Balaban J connectivity index is 0.000000465. The lowest BCUT2D eigenvalue weighted by atomic mass is 10.1. The largest absolute Gasteiger partial charge is 0.748 e. The van der Waals surface area contributed by atoms with Crippen LogP contribution >= 0.6 is 0 Å². The van der Waals surface area contributed by atoms with E-state index in [9.17, 15) is 0 Å². The fourth-order valence-electron chi connectivity index (χ4n) is 2.97. The van der Waals surface area contributed by atoms with E-state index in [-0.39, 0.29) is 10.9 Å². The van der Waals surface area contributed by atoms with Gasteiger partial charge in [0, 0.05) is 17.4 Å². The molecule has 0 unspecified atom stereocenters. The fraction of sp³-hybridized carbons (Fsp3) is 0.182. The molecule has 0 aromatic heterocycles. The molecule has 0 bridgehead atoms. The molecular weight excluding hydrogens is 376 g/mol. The lowest BCUT2D eigenvalue weighted by Crippen LogP contribution is -2.08. The van der Waals surface area contributed by atoms with E-state index in [0.29, 0.717) is 6.26 Å². The van der Waals surface area contributed by atoms with E-state index in [1.54, 1.807) is 0 Å². The topological polar surface area (TPSA) is 57.2 Å². The van der Waals surface area contributed by atoms with E-state index in [4.69, 9.17) is 13.0 Å². The van der Waals surface area contributed by atoms with Crippen LogP contribution in [0.15, 0.2) is 87.5 Å². The van der Waals surface area contributed by atoms with Crippen LogP contribution in [-0.4, -0.2) is 19.2 Å². The first-order valence-electron chi connectivity index (χ1n) is 8.50. The van der Waals surface area contributed by atoms with Crippen molar-refractivity contribution in [3.8, 4) is 0 Å². The van der Waals surface area contributed by atoms with Gasteiger partial charge in [0.1, 0.15) is 0 Å². The zero-order valence-corrected chi connectivity index (χ0v) is 17.6. The summed E-state index contributed by atoms with van der Waals surface area (Å²) in [7, 11) is -3.96. The Bertz CT molecular complexity index is 912. The second-order valence-electron chi connectivity index (χ2n) is 6.36. The van der Waals surface area contributed by atoms with Crippen LogP contribution < -0.4 is 0 Å². The molecule has 0 saturated carbocycles. The maximum atomic E-state index is 9.08. The van der Waals surface area contributed by atoms with Crippen molar-refractivity contribution in [3.63, 3.8) is 0 Å². The van der Waals surface area contributed by atoms with Gasteiger partial charge < -0.3 is 4.55 Å². The van der Waals surface area contributed by atoms with Crippen LogP contribution in [0.25, 0.3) is 0 Å². The second kappa shape index (κ2) is 9.22. The van der Waals surface area contributed by atoms with Crippen LogP contribution in [0.5, 0.6) is 0 Å². The lowest BCUT2D eigenvalue weighted by Gasteiger charge is -2.13. The molecule has 0 aliphatic heterocycles. The molecule has 0 amide bonds. The molecule has 0 atom stereocenters. The van der Waals surface area contributed by atoms with E-state index in [1.807, 2.05) is 0 Å². The summed E-state index contributed by atoms with van der Waals surface area (Å²) < 4.78 is 27.2. The number of hydrogen-bond donors (Lipinski definition) is 0. The van der Waals surface area contributed by atoms with Gasteiger partial charge in [-0.1, -0.05) is 54.1 Å². The van der Waals surface area contributed by atoms with E-state index in [2.05, 4.69) is 93.6 Å². The van der Waals surface area contributed by atoms with E-state index >= 15 is 0 Å². The van der Waals surface area contributed by atoms with Crippen molar-refractivity contribution in [2.24, 2.45) is 0 Å². The monoisotopic (exact) mass is 400 g/mol. The van der Waals surface area contributed by atoms with Gasteiger partial charge >= 0.3 is 0 Å². The van der Waals surface area contributed by atoms with Gasteiger partial charge in [0.05, 0.1) is 21.0 Å². The van der Waals surface area contributed by atoms with Crippen molar-refractivity contribution in [3.05, 3.63) is 89.5 Å². The number of hydrogen-bond acceptors (Lipinski definition) is 3. The van der Waals surface area contributed by atoms with Crippen molar-refractivity contribution in [2.75, 3.05) is 6.26 Å². The van der Waals surface area contributed by atoms with Gasteiger partial charge in [-0.2, -0.15) is 0 Å². The molecule has 27 heavy (non-hydrogen) atoms. The molecule has 142 valence electrons. The summed E-state index contributed by atoms with van der Waals surface area (Å²) >= 11 is 0. The van der Waals surface area contributed by atoms with Gasteiger partial charge in [0.25, 0.3) is 0 Å². The van der Waals surface area contributed by atoms with Crippen LogP contribution in [0.2, 0.25) is 0 Å². The highest BCUT2D eigenvalue weighted by molar-refractivity contribution is 7.97. The summed E-state index contributed by atoms with van der Waals surface area (Å²) in [6, 6.07) is 26.3. The second-order valence-corrected chi connectivity index (χ2v) is 9.74. The molecule has 5 heteroatoms. The van der Waals surface area contributed by atoms with E-state index < -0.39 is 10.1 Å². The molecule has 0 radical (unpaired) electrons. The minimum atomic E-state index is -3.92. The van der Waals surface area contributed by atoms with Gasteiger partial charge in [0.2, 0.25) is 0 Å². The van der Waals surface area contributed by atoms with Crippen LogP contribution in [0.3, 0.4) is 0 Å². The quantitative estimate of drug-likeness (QED) is 0.466. The molecule has 0 N–H and O–H groups in total. The maximum absolute atomic E-state index is 9.08. The van der Waals surface area contributed by atoms with Crippen LogP contribution in [0.1, 0.15) is 16.7 Å². The Labute approximate surface area is 165 Å². The molecule has 3 rings (SSSR count). The third-order valence-corrected chi connectivity index (χ3v) is 6.31. The first-order chi connectivity index (χ1) is 12.7. The molecule has 0 fully saturated rings. The molecule has 0 spiro atoms. The smallest absolute Gasteiger partial charge is 0.172 e. The van der Waals surface area contributed by atoms with Crippen LogP contribution in [0, 0.1) is 20.8 Å². The predicted octanol–water partition coefficient (Wildman–Crippen LogP) is 4.87. The molecule has 0 aliphatic carbocycles. The molecule has 0 saturated heterocycles. The third-order valence-electron chi connectivity index (χ3n) is 3.77. The van der Waals surface area contributed by atoms with Crippen molar-refractivity contribution in [1.82, 2.24) is 0 Å².